The first-order valence-corrected chi connectivity index (χ1v) is 7.10. The highest BCUT2D eigenvalue weighted by Gasteiger charge is 2.10. The van der Waals surface area contributed by atoms with Gasteiger partial charge in [-0.1, -0.05) is 29.8 Å². The van der Waals surface area contributed by atoms with Crippen LogP contribution < -0.4 is 4.74 Å². The molecule has 0 spiro atoms. The van der Waals surface area contributed by atoms with E-state index in [0.29, 0.717) is 30.2 Å². The molecular weight excluding hydrogens is 289 g/mol. The van der Waals surface area contributed by atoms with Crippen molar-refractivity contribution in [3.8, 4) is 11.8 Å². The lowest BCUT2D eigenvalue weighted by Crippen LogP contribution is -2.02. The number of nitriles is 1. The highest BCUT2D eigenvalue weighted by Crippen LogP contribution is 2.23. The third kappa shape index (κ3) is 4.77. The fraction of sp³-hybridized carbons (Fsp3) is 0.235. The quantitative estimate of drug-likeness (QED) is 0.708. The molecule has 2 rings (SSSR count). The van der Waals surface area contributed by atoms with Crippen molar-refractivity contribution in [2.75, 3.05) is 6.61 Å². The Morgan fingerprint density at radius 1 is 1.19 bits per heavy atom. The van der Waals surface area contributed by atoms with E-state index in [0.717, 1.165) is 5.56 Å². The SMILES string of the molecule is N#CC(CCCOc1cccc(F)c1)c1cccc(Cl)c1. The molecular formula is C17H15ClFNO. The largest absolute Gasteiger partial charge is 0.493 e. The van der Waals surface area contributed by atoms with E-state index in [9.17, 15) is 9.65 Å². The Kier molecular flexibility index (Phi) is 5.59. The van der Waals surface area contributed by atoms with Crippen LogP contribution in [0, 0.1) is 17.1 Å². The summed E-state index contributed by atoms with van der Waals surface area (Å²) in [5.41, 5.74) is 0.913. The van der Waals surface area contributed by atoms with Crippen LogP contribution in [0.1, 0.15) is 24.3 Å². The molecule has 2 aromatic carbocycles. The lowest BCUT2D eigenvalue weighted by Gasteiger charge is -2.10. The number of hydrogen-bond acceptors (Lipinski definition) is 2. The molecule has 1 atom stereocenters. The summed E-state index contributed by atoms with van der Waals surface area (Å²) < 4.78 is 18.4. The predicted molar refractivity (Wildman–Crippen MR) is 80.9 cm³/mol. The van der Waals surface area contributed by atoms with Crippen LogP contribution in [0.3, 0.4) is 0 Å². The van der Waals surface area contributed by atoms with Gasteiger partial charge < -0.3 is 4.74 Å². The minimum Gasteiger partial charge on any atom is -0.493 e. The van der Waals surface area contributed by atoms with Gasteiger partial charge in [-0.15, -0.1) is 0 Å². The van der Waals surface area contributed by atoms with Crippen LogP contribution in [0.4, 0.5) is 4.39 Å². The van der Waals surface area contributed by atoms with Crippen LogP contribution in [0.15, 0.2) is 48.5 Å². The van der Waals surface area contributed by atoms with E-state index in [2.05, 4.69) is 6.07 Å². The maximum absolute atomic E-state index is 13.0. The van der Waals surface area contributed by atoms with Crippen LogP contribution in [0.2, 0.25) is 5.02 Å². The molecule has 0 aliphatic heterocycles. The van der Waals surface area contributed by atoms with Gasteiger partial charge in [0, 0.05) is 11.1 Å². The van der Waals surface area contributed by atoms with Crippen LogP contribution in [0.5, 0.6) is 5.75 Å². The maximum Gasteiger partial charge on any atom is 0.126 e. The molecule has 2 aromatic rings. The van der Waals surface area contributed by atoms with Gasteiger partial charge in [0.2, 0.25) is 0 Å². The highest BCUT2D eigenvalue weighted by molar-refractivity contribution is 6.30. The minimum atomic E-state index is -0.318. The predicted octanol–water partition coefficient (Wildman–Crippen LogP) is 4.95. The van der Waals surface area contributed by atoms with Crippen molar-refractivity contribution in [3.05, 3.63) is 64.9 Å². The number of rotatable bonds is 6. The van der Waals surface area contributed by atoms with Crippen LogP contribution in [-0.2, 0) is 0 Å². The molecule has 2 nitrogen and oxygen atoms in total. The first kappa shape index (κ1) is 15.3. The Bertz CT molecular complexity index is 639. The van der Waals surface area contributed by atoms with Crippen molar-refractivity contribution in [1.29, 1.82) is 5.26 Å². The zero-order valence-corrected chi connectivity index (χ0v) is 12.2. The summed E-state index contributed by atoms with van der Waals surface area (Å²) in [6.07, 6.45) is 1.38. The zero-order valence-electron chi connectivity index (χ0n) is 11.4. The molecule has 0 saturated heterocycles. The monoisotopic (exact) mass is 303 g/mol. The van der Waals surface area contributed by atoms with E-state index in [-0.39, 0.29) is 11.7 Å². The van der Waals surface area contributed by atoms with Gasteiger partial charge in [-0.3, -0.25) is 0 Å². The van der Waals surface area contributed by atoms with Crippen molar-refractivity contribution in [2.45, 2.75) is 18.8 Å². The molecule has 0 saturated carbocycles. The summed E-state index contributed by atoms with van der Waals surface area (Å²) in [5, 5.41) is 9.87. The van der Waals surface area contributed by atoms with Gasteiger partial charge >= 0.3 is 0 Å². The minimum absolute atomic E-state index is 0.209. The Morgan fingerprint density at radius 2 is 2.00 bits per heavy atom. The molecule has 0 heterocycles. The van der Waals surface area contributed by atoms with Gasteiger partial charge in [-0.2, -0.15) is 5.26 Å². The summed E-state index contributed by atoms with van der Waals surface area (Å²) in [5.74, 6) is -0.0209. The van der Waals surface area contributed by atoms with Gasteiger partial charge in [-0.05, 0) is 42.7 Å². The third-order valence-electron chi connectivity index (χ3n) is 3.11. The zero-order chi connectivity index (χ0) is 15.1. The standard InChI is InChI=1S/C17H15ClFNO/c18-15-6-1-4-13(10-15)14(12-20)5-3-9-21-17-8-2-7-16(19)11-17/h1-2,4,6-8,10-11,14H,3,5,9H2. The van der Waals surface area contributed by atoms with Crippen molar-refractivity contribution >= 4 is 11.6 Å². The summed E-state index contributed by atoms with van der Waals surface area (Å²) in [6, 6.07) is 15.6. The Hall–Kier alpha value is -2.05. The molecule has 0 bridgehead atoms. The second kappa shape index (κ2) is 7.66. The lowest BCUT2D eigenvalue weighted by molar-refractivity contribution is 0.303. The molecule has 21 heavy (non-hydrogen) atoms. The van der Waals surface area contributed by atoms with E-state index in [1.807, 2.05) is 18.2 Å². The average Bonchev–Trinajstić information content (AvgIpc) is 2.47. The highest BCUT2D eigenvalue weighted by atomic mass is 35.5. The maximum atomic E-state index is 13.0. The van der Waals surface area contributed by atoms with Crippen LogP contribution in [-0.4, -0.2) is 6.61 Å². The van der Waals surface area contributed by atoms with Gasteiger partial charge in [0.15, 0.2) is 0 Å². The summed E-state index contributed by atoms with van der Waals surface area (Å²) in [7, 11) is 0. The molecule has 0 fully saturated rings. The van der Waals surface area contributed by atoms with E-state index in [1.54, 1.807) is 18.2 Å². The van der Waals surface area contributed by atoms with Gasteiger partial charge in [0.1, 0.15) is 11.6 Å². The van der Waals surface area contributed by atoms with E-state index in [1.165, 1.54) is 12.1 Å². The second-order valence-electron chi connectivity index (χ2n) is 4.68. The molecule has 0 aliphatic carbocycles. The molecule has 108 valence electrons. The van der Waals surface area contributed by atoms with E-state index < -0.39 is 0 Å². The fourth-order valence-electron chi connectivity index (χ4n) is 2.06. The molecule has 4 heteroatoms. The van der Waals surface area contributed by atoms with Crippen molar-refractivity contribution < 1.29 is 9.13 Å². The first-order chi connectivity index (χ1) is 10.2. The summed E-state index contributed by atoms with van der Waals surface area (Å²) in [4.78, 5) is 0. The van der Waals surface area contributed by atoms with E-state index >= 15 is 0 Å². The molecule has 0 N–H and O–H groups in total. The van der Waals surface area contributed by atoms with Crippen molar-refractivity contribution in [1.82, 2.24) is 0 Å². The summed E-state index contributed by atoms with van der Waals surface area (Å²) >= 11 is 5.93. The lowest BCUT2D eigenvalue weighted by atomic mass is 9.96. The van der Waals surface area contributed by atoms with E-state index in [4.69, 9.17) is 16.3 Å². The average molecular weight is 304 g/mol. The molecule has 0 aliphatic rings. The van der Waals surface area contributed by atoms with Crippen molar-refractivity contribution in [2.24, 2.45) is 0 Å². The van der Waals surface area contributed by atoms with Crippen LogP contribution >= 0.6 is 11.6 Å². The second-order valence-corrected chi connectivity index (χ2v) is 5.12. The number of ether oxygens (including phenoxy) is 1. The Balaban J connectivity index is 1.83. The molecule has 0 radical (unpaired) electrons. The molecule has 0 amide bonds. The topological polar surface area (TPSA) is 33.0 Å². The fourth-order valence-corrected chi connectivity index (χ4v) is 2.26. The normalized spacial score (nSPS) is 11.7. The Labute approximate surface area is 128 Å². The third-order valence-corrected chi connectivity index (χ3v) is 3.34. The van der Waals surface area contributed by atoms with Crippen molar-refractivity contribution in [3.63, 3.8) is 0 Å². The van der Waals surface area contributed by atoms with Gasteiger partial charge in [0.05, 0.1) is 18.6 Å². The van der Waals surface area contributed by atoms with Crippen LogP contribution in [0.25, 0.3) is 0 Å². The van der Waals surface area contributed by atoms with Gasteiger partial charge in [-0.25, -0.2) is 4.39 Å². The number of benzene rings is 2. The number of hydrogen-bond donors (Lipinski definition) is 0. The summed E-state index contributed by atoms with van der Waals surface area (Å²) in [6.45, 7) is 0.447. The molecule has 1 unspecified atom stereocenters. The molecule has 0 aromatic heterocycles. The smallest absolute Gasteiger partial charge is 0.126 e. The number of nitrogens with zero attached hydrogens (tertiary/aromatic N) is 1. The Morgan fingerprint density at radius 3 is 2.71 bits per heavy atom. The first-order valence-electron chi connectivity index (χ1n) is 6.72. The number of halogens is 2. The van der Waals surface area contributed by atoms with Gasteiger partial charge in [0.25, 0.3) is 0 Å².